The highest BCUT2D eigenvalue weighted by atomic mass is 16.5. The Hall–Kier alpha value is -3.56. The minimum Gasteiger partial charge on any atom is -0.493 e. The zero-order chi connectivity index (χ0) is 22.6. The van der Waals surface area contributed by atoms with Crippen LogP contribution in [-0.4, -0.2) is 69.5 Å². The topological polar surface area (TPSA) is 107 Å². The lowest BCUT2D eigenvalue weighted by Gasteiger charge is -2.34. The molecule has 1 aliphatic heterocycles. The number of hydrogen-bond acceptors (Lipinski definition) is 7. The minimum atomic E-state index is -0.464. The summed E-state index contributed by atoms with van der Waals surface area (Å²) in [6, 6.07) is 15.7. The Bertz CT molecular complexity index is 1360. The number of hydrogen-bond donors (Lipinski definition) is 2. The highest BCUT2D eigenvalue weighted by molar-refractivity contribution is 5.87. The quantitative estimate of drug-likeness (QED) is 0.417. The van der Waals surface area contributed by atoms with Crippen LogP contribution in [0.4, 0.5) is 0 Å². The van der Waals surface area contributed by atoms with E-state index < -0.39 is 5.56 Å². The number of benzene rings is 2. The van der Waals surface area contributed by atoms with Gasteiger partial charge in [-0.1, -0.05) is 35.5 Å². The van der Waals surface area contributed by atoms with Gasteiger partial charge in [-0.25, -0.2) is 0 Å². The first-order chi connectivity index (χ1) is 16.2. The molecule has 1 aliphatic rings. The van der Waals surface area contributed by atoms with Crippen molar-refractivity contribution in [3.63, 3.8) is 0 Å². The van der Waals surface area contributed by atoms with Crippen LogP contribution in [-0.2, 0) is 6.54 Å². The van der Waals surface area contributed by atoms with E-state index in [-0.39, 0.29) is 16.5 Å². The summed E-state index contributed by atoms with van der Waals surface area (Å²) < 4.78 is 5.90. The third kappa shape index (κ3) is 4.79. The number of piperazine rings is 1. The predicted molar refractivity (Wildman–Crippen MR) is 127 cm³/mol. The smallest absolute Gasteiger partial charge is 0.278 e. The van der Waals surface area contributed by atoms with Crippen LogP contribution in [0.2, 0.25) is 0 Å². The number of rotatable bonds is 7. The fraction of sp³-hybridized carbons (Fsp3) is 0.333. The number of H-pyrrole nitrogens is 2. The molecular weight excluding hydrogens is 420 g/mol. The van der Waals surface area contributed by atoms with E-state index in [2.05, 4.69) is 60.5 Å². The number of nitrogens with one attached hydrogen (secondary N) is 2. The van der Waals surface area contributed by atoms with Crippen molar-refractivity contribution in [1.82, 2.24) is 30.2 Å². The average Bonchev–Trinajstić information content (AvgIpc) is 3.30. The summed E-state index contributed by atoms with van der Waals surface area (Å²) >= 11 is 0. The van der Waals surface area contributed by atoms with E-state index >= 15 is 0 Å². The lowest BCUT2D eigenvalue weighted by Crippen LogP contribution is -2.46. The van der Waals surface area contributed by atoms with Crippen molar-refractivity contribution in [3.05, 3.63) is 74.7 Å². The number of ether oxygens (including phenoxy) is 1. The van der Waals surface area contributed by atoms with Gasteiger partial charge in [0.1, 0.15) is 11.3 Å². The fourth-order valence-corrected chi connectivity index (χ4v) is 4.27. The maximum atomic E-state index is 12.7. The van der Waals surface area contributed by atoms with Gasteiger partial charge in [0.25, 0.3) is 5.56 Å². The lowest BCUT2D eigenvalue weighted by atomic mass is 10.2. The molecule has 0 unspecified atom stereocenters. The Morgan fingerprint density at radius 1 is 0.970 bits per heavy atom. The average molecular weight is 447 g/mol. The molecule has 0 atom stereocenters. The second-order valence-corrected chi connectivity index (χ2v) is 8.33. The molecule has 1 fully saturated rings. The van der Waals surface area contributed by atoms with Crippen LogP contribution in [0, 0.1) is 0 Å². The Kier molecular flexibility index (Phi) is 6.14. The first-order valence-corrected chi connectivity index (χ1v) is 11.2. The normalized spacial score (nSPS) is 15.3. The summed E-state index contributed by atoms with van der Waals surface area (Å²) in [5.41, 5.74) is 1.10. The molecule has 1 saturated heterocycles. The molecule has 170 valence electrons. The van der Waals surface area contributed by atoms with Crippen molar-refractivity contribution in [2.45, 2.75) is 13.0 Å². The molecule has 2 aromatic heterocycles. The summed E-state index contributed by atoms with van der Waals surface area (Å²) in [5, 5.41) is 10.2. The summed E-state index contributed by atoms with van der Waals surface area (Å²) in [6.07, 6.45) is 0.904. The molecular formula is C24H26N6O3. The number of aromatic amines is 2. The number of nitrogens with zero attached hydrogens (tertiary/aromatic N) is 4. The van der Waals surface area contributed by atoms with Crippen LogP contribution in [0.5, 0.6) is 5.75 Å². The van der Waals surface area contributed by atoms with Crippen molar-refractivity contribution in [3.8, 4) is 5.75 Å². The molecule has 9 nitrogen and oxygen atoms in total. The molecule has 0 aliphatic carbocycles. The van der Waals surface area contributed by atoms with Crippen LogP contribution in [0.1, 0.15) is 12.0 Å². The Morgan fingerprint density at radius 2 is 1.76 bits per heavy atom. The van der Waals surface area contributed by atoms with Crippen molar-refractivity contribution < 1.29 is 4.74 Å². The standard InChI is InChI=1S/C24H26N6O3/c31-23-19-8-7-18(15-20(19)25-24(32)22-21(23)26-28-27-22)33-14-4-9-29-10-12-30(13-11-29)16-17-5-2-1-3-6-17/h1-3,5-8,15H,4,9-14,16H2,(H,25,32)(H,26,27,28). The van der Waals surface area contributed by atoms with Crippen molar-refractivity contribution in [1.29, 1.82) is 0 Å². The highest BCUT2D eigenvalue weighted by Gasteiger charge is 2.16. The van der Waals surface area contributed by atoms with Gasteiger partial charge in [-0.05, 0) is 24.1 Å². The van der Waals surface area contributed by atoms with Crippen LogP contribution >= 0.6 is 0 Å². The molecule has 2 aromatic carbocycles. The van der Waals surface area contributed by atoms with E-state index in [4.69, 9.17) is 4.74 Å². The first kappa shape index (κ1) is 21.3. The van der Waals surface area contributed by atoms with Crippen molar-refractivity contribution in [2.75, 3.05) is 39.3 Å². The zero-order valence-electron chi connectivity index (χ0n) is 18.3. The maximum absolute atomic E-state index is 12.7. The van der Waals surface area contributed by atoms with Gasteiger partial charge in [-0.3, -0.25) is 19.6 Å². The predicted octanol–water partition coefficient (Wildman–Crippen LogP) is 1.75. The first-order valence-electron chi connectivity index (χ1n) is 11.2. The minimum absolute atomic E-state index is 0.00235. The SMILES string of the molecule is O=c1[nH]c2cc(OCCCN3CCN(Cc4ccccc4)CC3)ccc2c(=O)c2[nH]nnc12. The molecule has 0 amide bonds. The van der Waals surface area contributed by atoms with E-state index in [0.29, 0.717) is 23.3 Å². The molecule has 5 rings (SSSR count). The highest BCUT2D eigenvalue weighted by Crippen LogP contribution is 2.17. The number of aromatic nitrogens is 4. The largest absolute Gasteiger partial charge is 0.493 e. The van der Waals surface area contributed by atoms with Gasteiger partial charge in [0.2, 0.25) is 5.43 Å². The summed E-state index contributed by atoms with van der Waals surface area (Å²) in [5.74, 6) is 0.617. The van der Waals surface area contributed by atoms with E-state index in [1.807, 2.05) is 0 Å². The molecule has 4 aromatic rings. The summed E-state index contributed by atoms with van der Waals surface area (Å²) in [7, 11) is 0. The molecule has 0 bridgehead atoms. The number of fused-ring (bicyclic) bond motifs is 2. The molecule has 0 saturated carbocycles. The Labute approximate surface area is 190 Å². The second kappa shape index (κ2) is 9.51. The van der Waals surface area contributed by atoms with E-state index in [0.717, 1.165) is 45.7 Å². The van der Waals surface area contributed by atoms with Crippen LogP contribution in [0.15, 0.2) is 58.1 Å². The summed E-state index contributed by atoms with van der Waals surface area (Å²) in [4.78, 5) is 32.7. The molecule has 0 spiro atoms. The molecule has 3 heterocycles. The van der Waals surface area contributed by atoms with Gasteiger partial charge in [-0.15, -0.1) is 5.10 Å². The molecule has 0 radical (unpaired) electrons. The molecule has 2 N–H and O–H groups in total. The monoisotopic (exact) mass is 446 g/mol. The second-order valence-electron chi connectivity index (χ2n) is 8.33. The fourth-order valence-electron chi connectivity index (χ4n) is 4.27. The molecule has 33 heavy (non-hydrogen) atoms. The maximum Gasteiger partial charge on any atom is 0.278 e. The van der Waals surface area contributed by atoms with Gasteiger partial charge in [0, 0.05) is 50.7 Å². The Balaban J connectivity index is 1.13. The van der Waals surface area contributed by atoms with Crippen LogP contribution in [0.3, 0.4) is 0 Å². The van der Waals surface area contributed by atoms with Crippen LogP contribution < -0.4 is 15.7 Å². The van der Waals surface area contributed by atoms with Gasteiger partial charge in [0.15, 0.2) is 5.52 Å². The third-order valence-corrected chi connectivity index (χ3v) is 6.08. The lowest BCUT2D eigenvalue weighted by molar-refractivity contribution is 0.121. The van der Waals surface area contributed by atoms with Crippen molar-refractivity contribution in [2.24, 2.45) is 0 Å². The van der Waals surface area contributed by atoms with E-state index in [1.165, 1.54) is 5.56 Å². The van der Waals surface area contributed by atoms with Gasteiger partial charge in [0.05, 0.1) is 12.1 Å². The van der Waals surface area contributed by atoms with Crippen molar-refractivity contribution >= 4 is 21.9 Å². The zero-order valence-corrected chi connectivity index (χ0v) is 18.3. The van der Waals surface area contributed by atoms with Crippen LogP contribution in [0.25, 0.3) is 21.9 Å². The summed E-state index contributed by atoms with van der Waals surface area (Å²) in [6.45, 7) is 6.81. The third-order valence-electron chi connectivity index (χ3n) is 6.08. The Morgan fingerprint density at radius 3 is 2.58 bits per heavy atom. The van der Waals surface area contributed by atoms with Gasteiger partial charge < -0.3 is 14.6 Å². The molecule has 9 heteroatoms. The van der Waals surface area contributed by atoms with Gasteiger partial charge in [-0.2, -0.15) is 0 Å². The van der Waals surface area contributed by atoms with E-state index in [1.54, 1.807) is 18.2 Å². The van der Waals surface area contributed by atoms with E-state index in [9.17, 15) is 9.59 Å². The van der Waals surface area contributed by atoms with Gasteiger partial charge >= 0.3 is 0 Å².